The lowest BCUT2D eigenvalue weighted by Gasteiger charge is -2.09. The average molecular weight is 277 g/mol. The zero-order valence-corrected chi connectivity index (χ0v) is 12.2. The van der Waals surface area contributed by atoms with Crippen molar-refractivity contribution in [2.75, 3.05) is 33.9 Å². The van der Waals surface area contributed by atoms with E-state index in [0.29, 0.717) is 25.5 Å². The third kappa shape index (κ3) is 3.71. The van der Waals surface area contributed by atoms with Gasteiger partial charge in [-0.2, -0.15) is 0 Å². The maximum absolute atomic E-state index is 8.95. The van der Waals surface area contributed by atoms with Crippen LogP contribution in [0, 0.1) is 0 Å². The molecule has 0 aliphatic carbocycles. The molecule has 1 aromatic carbocycles. The minimum atomic E-state index is 0.174. The zero-order chi connectivity index (χ0) is 14.4. The fourth-order valence-electron chi connectivity index (χ4n) is 2.14. The molecule has 0 atom stereocenters. The van der Waals surface area contributed by atoms with Crippen molar-refractivity contribution in [1.29, 1.82) is 0 Å². The Labute approximate surface area is 119 Å². The van der Waals surface area contributed by atoms with Gasteiger partial charge in [0.05, 0.1) is 17.5 Å². The molecule has 0 saturated heterocycles. The molecule has 0 saturated carbocycles. The lowest BCUT2D eigenvalue weighted by atomic mass is 10.2. The van der Waals surface area contributed by atoms with Gasteiger partial charge in [0.25, 0.3) is 0 Å². The minimum Gasteiger partial charge on any atom is -0.476 e. The summed E-state index contributed by atoms with van der Waals surface area (Å²) in [6.45, 7) is 2.55. The van der Waals surface area contributed by atoms with E-state index >= 15 is 0 Å². The first kappa shape index (κ1) is 14.8. The molecule has 5 nitrogen and oxygen atoms in total. The maximum Gasteiger partial charge on any atom is 0.240 e. The summed E-state index contributed by atoms with van der Waals surface area (Å²) in [4.78, 5) is 2.14. The number of aliphatic hydroxyl groups excluding tert-OH is 1. The second-order valence-electron chi connectivity index (χ2n) is 5.13. The van der Waals surface area contributed by atoms with Gasteiger partial charge in [-0.15, -0.1) is 5.10 Å². The van der Waals surface area contributed by atoms with E-state index in [1.807, 2.05) is 28.9 Å². The Hall–Kier alpha value is -1.59. The second kappa shape index (κ2) is 7.26. The number of aliphatic hydroxyl groups is 1. The van der Waals surface area contributed by atoms with Crippen molar-refractivity contribution in [2.45, 2.75) is 19.4 Å². The maximum atomic E-state index is 8.95. The number of fused-ring (bicyclic) bond motifs is 1. The summed E-state index contributed by atoms with van der Waals surface area (Å²) in [5.41, 5.74) is 1.06. The van der Waals surface area contributed by atoms with Gasteiger partial charge in [-0.25, -0.2) is 0 Å². The summed E-state index contributed by atoms with van der Waals surface area (Å²) in [7, 11) is 4.11. The van der Waals surface area contributed by atoms with E-state index in [9.17, 15) is 0 Å². The largest absolute Gasteiger partial charge is 0.476 e. The Morgan fingerprint density at radius 1 is 1.25 bits per heavy atom. The first-order valence-electron chi connectivity index (χ1n) is 7.06. The summed E-state index contributed by atoms with van der Waals surface area (Å²) in [6, 6.07) is 8.05. The number of aryl methyl sites for hydroxylation is 1. The summed E-state index contributed by atoms with van der Waals surface area (Å²) in [5.74, 6) is 0.692. The number of para-hydroxylation sites is 1. The highest BCUT2D eigenvalue weighted by molar-refractivity contribution is 5.84. The molecule has 1 N–H and O–H groups in total. The van der Waals surface area contributed by atoms with Gasteiger partial charge in [-0.05, 0) is 39.1 Å². The molecule has 0 unspecified atom stereocenters. The number of aromatic nitrogens is 2. The molecule has 0 aliphatic heterocycles. The minimum absolute atomic E-state index is 0.174. The van der Waals surface area contributed by atoms with Crippen LogP contribution in [-0.4, -0.2) is 53.6 Å². The molecule has 0 bridgehead atoms. The van der Waals surface area contributed by atoms with Crippen LogP contribution in [0.1, 0.15) is 12.8 Å². The molecule has 2 aromatic rings. The first-order valence-corrected chi connectivity index (χ1v) is 7.06. The highest BCUT2D eigenvalue weighted by Crippen LogP contribution is 2.24. The predicted octanol–water partition coefficient (Wildman–Crippen LogP) is 1.75. The fourth-order valence-corrected chi connectivity index (χ4v) is 2.14. The van der Waals surface area contributed by atoms with Crippen LogP contribution in [0.2, 0.25) is 0 Å². The van der Waals surface area contributed by atoms with E-state index in [0.717, 1.165) is 23.9 Å². The molecule has 1 heterocycles. The van der Waals surface area contributed by atoms with Gasteiger partial charge in [0, 0.05) is 19.7 Å². The molecule has 0 spiro atoms. The molecule has 110 valence electrons. The van der Waals surface area contributed by atoms with Crippen LogP contribution in [0.5, 0.6) is 5.88 Å². The van der Waals surface area contributed by atoms with Crippen LogP contribution in [0.15, 0.2) is 24.3 Å². The van der Waals surface area contributed by atoms with Gasteiger partial charge in [0.15, 0.2) is 0 Å². The lowest BCUT2D eigenvalue weighted by Crippen LogP contribution is -2.15. The third-order valence-corrected chi connectivity index (χ3v) is 3.14. The van der Waals surface area contributed by atoms with Gasteiger partial charge in [-0.1, -0.05) is 12.1 Å². The number of benzene rings is 1. The number of nitrogens with zero attached hydrogens (tertiary/aromatic N) is 3. The van der Waals surface area contributed by atoms with Crippen molar-refractivity contribution < 1.29 is 9.84 Å². The number of rotatable bonds is 8. The van der Waals surface area contributed by atoms with E-state index < -0.39 is 0 Å². The van der Waals surface area contributed by atoms with Gasteiger partial charge < -0.3 is 14.7 Å². The average Bonchev–Trinajstić information content (AvgIpc) is 2.80. The summed E-state index contributed by atoms with van der Waals surface area (Å²) in [5, 5.41) is 14.5. The normalized spacial score (nSPS) is 11.4. The summed E-state index contributed by atoms with van der Waals surface area (Å²) < 4.78 is 7.72. The Balaban J connectivity index is 2.08. The van der Waals surface area contributed by atoms with Crippen LogP contribution >= 0.6 is 0 Å². The van der Waals surface area contributed by atoms with Crippen LogP contribution in [-0.2, 0) is 6.54 Å². The van der Waals surface area contributed by atoms with Gasteiger partial charge >= 0.3 is 0 Å². The molecule has 2 rings (SSSR count). The molecule has 0 fully saturated rings. The molecule has 0 radical (unpaired) electrons. The second-order valence-corrected chi connectivity index (χ2v) is 5.13. The van der Waals surface area contributed by atoms with Crippen LogP contribution in [0.3, 0.4) is 0 Å². The van der Waals surface area contributed by atoms with Crippen molar-refractivity contribution in [3.05, 3.63) is 24.3 Å². The SMILES string of the molecule is CN(C)CCCOc1nn(CCCO)c2ccccc12. The number of hydrogen-bond donors (Lipinski definition) is 1. The highest BCUT2D eigenvalue weighted by atomic mass is 16.5. The Morgan fingerprint density at radius 2 is 2.05 bits per heavy atom. The van der Waals surface area contributed by atoms with E-state index in [-0.39, 0.29) is 6.61 Å². The summed E-state index contributed by atoms with van der Waals surface area (Å²) >= 11 is 0. The van der Waals surface area contributed by atoms with Crippen molar-refractivity contribution in [3.63, 3.8) is 0 Å². The lowest BCUT2D eigenvalue weighted by molar-refractivity contribution is 0.265. The van der Waals surface area contributed by atoms with Crippen molar-refractivity contribution in [2.24, 2.45) is 0 Å². The van der Waals surface area contributed by atoms with Crippen molar-refractivity contribution in [1.82, 2.24) is 14.7 Å². The van der Waals surface area contributed by atoms with Gasteiger partial charge in [0.1, 0.15) is 0 Å². The Bertz CT molecular complexity index is 537. The van der Waals surface area contributed by atoms with Crippen molar-refractivity contribution >= 4 is 10.9 Å². The van der Waals surface area contributed by atoms with Crippen LogP contribution in [0.25, 0.3) is 10.9 Å². The summed E-state index contributed by atoms with van der Waals surface area (Å²) in [6.07, 6.45) is 1.68. The first-order chi connectivity index (χ1) is 9.72. The Morgan fingerprint density at radius 3 is 2.80 bits per heavy atom. The topological polar surface area (TPSA) is 50.5 Å². The molecular formula is C15H23N3O2. The highest BCUT2D eigenvalue weighted by Gasteiger charge is 2.10. The fraction of sp³-hybridized carbons (Fsp3) is 0.533. The van der Waals surface area contributed by atoms with Crippen LogP contribution in [0.4, 0.5) is 0 Å². The van der Waals surface area contributed by atoms with Gasteiger partial charge in [-0.3, -0.25) is 4.68 Å². The van der Waals surface area contributed by atoms with Crippen LogP contribution < -0.4 is 4.74 Å². The third-order valence-electron chi connectivity index (χ3n) is 3.14. The standard InChI is InChI=1S/C15H23N3O2/c1-17(2)9-6-12-20-15-13-7-3-4-8-14(13)18(16-15)10-5-11-19/h3-4,7-8,19H,5-6,9-12H2,1-2H3. The van der Waals surface area contributed by atoms with Crippen molar-refractivity contribution in [3.8, 4) is 5.88 Å². The van der Waals surface area contributed by atoms with Gasteiger partial charge in [0.2, 0.25) is 5.88 Å². The zero-order valence-electron chi connectivity index (χ0n) is 12.2. The molecule has 1 aromatic heterocycles. The van der Waals surface area contributed by atoms with E-state index in [4.69, 9.17) is 9.84 Å². The molecule has 5 heteroatoms. The quantitative estimate of drug-likeness (QED) is 0.747. The molecule has 0 aliphatic rings. The molecule has 0 amide bonds. The van der Waals surface area contributed by atoms with E-state index in [1.54, 1.807) is 0 Å². The number of hydrogen-bond acceptors (Lipinski definition) is 4. The smallest absolute Gasteiger partial charge is 0.240 e. The van der Waals surface area contributed by atoms with E-state index in [1.165, 1.54) is 0 Å². The molecule has 20 heavy (non-hydrogen) atoms. The van der Waals surface area contributed by atoms with E-state index in [2.05, 4.69) is 24.1 Å². The number of ether oxygens (including phenoxy) is 1. The Kier molecular flexibility index (Phi) is 5.38. The monoisotopic (exact) mass is 277 g/mol. The predicted molar refractivity (Wildman–Crippen MR) is 80.1 cm³/mol. The molecular weight excluding hydrogens is 254 g/mol.